The van der Waals surface area contributed by atoms with E-state index in [1.165, 1.54) is 0 Å². The van der Waals surface area contributed by atoms with Gasteiger partial charge < -0.3 is 16.0 Å². The summed E-state index contributed by atoms with van der Waals surface area (Å²) in [5, 5.41) is 16.7. The minimum absolute atomic E-state index is 0.219. The molecule has 0 aliphatic carbocycles. The lowest BCUT2D eigenvalue weighted by molar-refractivity contribution is 0.0952. The van der Waals surface area contributed by atoms with Gasteiger partial charge in [0.15, 0.2) is 5.69 Å². The van der Waals surface area contributed by atoms with Crippen LogP contribution in [-0.4, -0.2) is 28.7 Å². The summed E-state index contributed by atoms with van der Waals surface area (Å²) >= 11 is 12.1. The molecule has 0 saturated heterocycles. The van der Waals surface area contributed by atoms with Crippen LogP contribution >= 0.6 is 23.2 Å². The van der Waals surface area contributed by atoms with E-state index in [1.807, 2.05) is 43.3 Å². The molecule has 0 saturated carbocycles. The first-order chi connectivity index (χ1) is 15.5. The van der Waals surface area contributed by atoms with Gasteiger partial charge in [-0.05, 0) is 54.4 Å². The van der Waals surface area contributed by atoms with Gasteiger partial charge >= 0.3 is 6.03 Å². The summed E-state index contributed by atoms with van der Waals surface area (Å²) in [6, 6.07) is 17.6. The molecule has 0 radical (unpaired) electrons. The number of nitrogens with one attached hydrogen (secondary N) is 4. The molecule has 7 nitrogen and oxygen atoms in total. The van der Waals surface area contributed by atoms with Gasteiger partial charge in [0.2, 0.25) is 0 Å². The van der Waals surface area contributed by atoms with Crippen LogP contribution in [0.2, 0.25) is 10.0 Å². The van der Waals surface area contributed by atoms with Gasteiger partial charge in [-0.25, -0.2) is 4.79 Å². The van der Waals surface area contributed by atoms with Crippen molar-refractivity contribution in [1.29, 1.82) is 0 Å². The Labute approximate surface area is 194 Å². The fraction of sp³-hybridized carbons (Fsp3) is 0.0870. The molecule has 0 spiro atoms. The second-order valence-electron chi connectivity index (χ2n) is 6.95. The number of rotatable bonds is 5. The first-order valence-corrected chi connectivity index (χ1v) is 10.6. The van der Waals surface area contributed by atoms with Crippen LogP contribution in [0.15, 0.2) is 60.7 Å². The van der Waals surface area contributed by atoms with Gasteiger partial charge in [-0.3, -0.25) is 9.89 Å². The van der Waals surface area contributed by atoms with Gasteiger partial charge in [0.1, 0.15) is 0 Å². The Morgan fingerprint density at radius 2 is 1.75 bits per heavy atom. The number of benzene rings is 3. The Morgan fingerprint density at radius 1 is 0.969 bits per heavy atom. The lowest BCUT2D eigenvalue weighted by Gasteiger charge is -2.11. The number of aromatic nitrogens is 2. The zero-order valence-electron chi connectivity index (χ0n) is 17.0. The largest absolute Gasteiger partial charge is 0.351 e. The topological polar surface area (TPSA) is 98.9 Å². The number of nitrogens with zero attached hydrogens (tertiary/aromatic N) is 1. The van der Waals surface area contributed by atoms with Crippen molar-refractivity contribution >= 4 is 57.4 Å². The molecule has 1 aromatic heterocycles. The third-order valence-electron chi connectivity index (χ3n) is 4.77. The van der Waals surface area contributed by atoms with E-state index in [4.69, 9.17) is 23.2 Å². The number of carbonyl (C=O) groups is 2. The molecule has 0 fully saturated rings. The van der Waals surface area contributed by atoms with Crippen molar-refractivity contribution in [2.24, 2.45) is 0 Å². The van der Waals surface area contributed by atoms with Crippen molar-refractivity contribution in [2.45, 2.75) is 6.92 Å². The minimum atomic E-state index is -0.443. The van der Waals surface area contributed by atoms with Gasteiger partial charge in [0, 0.05) is 17.6 Å². The Hall–Kier alpha value is -3.55. The summed E-state index contributed by atoms with van der Waals surface area (Å²) in [6.07, 6.45) is 0. The zero-order chi connectivity index (χ0) is 22.7. The van der Waals surface area contributed by atoms with Gasteiger partial charge in [-0.2, -0.15) is 5.10 Å². The third kappa shape index (κ3) is 4.54. The van der Waals surface area contributed by atoms with Crippen LogP contribution in [-0.2, 0) is 0 Å². The van der Waals surface area contributed by atoms with Crippen molar-refractivity contribution in [2.75, 3.05) is 17.2 Å². The summed E-state index contributed by atoms with van der Waals surface area (Å²) < 4.78 is 0. The normalized spacial score (nSPS) is 10.7. The van der Waals surface area contributed by atoms with E-state index in [-0.39, 0.29) is 10.9 Å². The quantitative estimate of drug-likeness (QED) is 0.292. The van der Waals surface area contributed by atoms with Crippen LogP contribution in [0.3, 0.4) is 0 Å². The Morgan fingerprint density at radius 3 is 2.56 bits per heavy atom. The number of hydrogen-bond acceptors (Lipinski definition) is 3. The maximum atomic E-state index is 12.4. The molecule has 4 rings (SSSR count). The second kappa shape index (κ2) is 9.30. The predicted octanol–water partition coefficient (Wildman–Crippen LogP) is 5.93. The number of halogens is 2. The Balaban J connectivity index is 1.53. The van der Waals surface area contributed by atoms with Crippen LogP contribution in [0.25, 0.3) is 22.0 Å². The van der Waals surface area contributed by atoms with E-state index in [9.17, 15) is 9.59 Å². The zero-order valence-corrected chi connectivity index (χ0v) is 18.5. The van der Waals surface area contributed by atoms with Crippen molar-refractivity contribution in [3.63, 3.8) is 0 Å². The summed E-state index contributed by atoms with van der Waals surface area (Å²) in [5.74, 6) is -0.219. The van der Waals surface area contributed by atoms with Crippen LogP contribution in [0.4, 0.5) is 16.2 Å². The number of fused-ring (bicyclic) bond motifs is 1. The summed E-state index contributed by atoms with van der Waals surface area (Å²) in [5.41, 5.74) is 3.92. The van der Waals surface area contributed by atoms with Gasteiger partial charge in [-0.1, -0.05) is 47.5 Å². The molecule has 4 N–H and O–H groups in total. The fourth-order valence-corrected chi connectivity index (χ4v) is 3.63. The predicted molar refractivity (Wildman–Crippen MR) is 129 cm³/mol. The lowest BCUT2D eigenvalue weighted by Crippen LogP contribution is -2.23. The number of urea groups is 1. The maximum absolute atomic E-state index is 12.4. The average Bonchev–Trinajstić information content (AvgIpc) is 3.21. The molecule has 4 aromatic rings. The highest BCUT2D eigenvalue weighted by atomic mass is 35.5. The number of hydrogen-bond donors (Lipinski definition) is 4. The molecule has 9 heteroatoms. The number of H-pyrrole nitrogens is 1. The minimum Gasteiger partial charge on any atom is -0.351 e. The van der Waals surface area contributed by atoms with Crippen molar-refractivity contribution < 1.29 is 9.59 Å². The smallest absolute Gasteiger partial charge is 0.323 e. The first-order valence-electron chi connectivity index (χ1n) is 9.85. The SMILES string of the molecule is CCNC(=O)c1n[nH]c2cc(-c3cccc(NC(=O)Nc4cccc(Cl)c4Cl)c3)ccc12. The molecule has 32 heavy (non-hydrogen) atoms. The molecule has 1 heterocycles. The van der Waals surface area contributed by atoms with Crippen molar-refractivity contribution in [3.8, 4) is 11.1 Å². The van der Waals surface area contributed by atoms with E-state index >= 15 is 0 Å². The highest BCUT2D eigenvalue weighted by molar-refractivity contribution is 6.44. The highest BCUT2D eigenvalue weighted by Crippen LogP contribution is 2.30. The van der Waals surface area contributed by atoms with E-state index in [2.05, 4.69) is 26.1 Å². The molecule has 0 aliphatic rings. The van der Waals surface area contributed by atoms with Crippen LogP contribution < -0.4 is 16.0 Å². The molecule has 0 aliphatic heterocycles. The van der Waals surface area contributed by atoms with Crippen molar-refractivity contribution in [3.05, 3.63) is 76.4 Å². The Kier molecular flexibility index (Phi) is 6.30. The fourth-order valence-electron chi connectivity index (χ4n) is 3.28. The monoisotopic (exact) mass is 467 g/mol. The maximum Gasteiger partial charge on any atom is 0.323 e. The summed E-state index contributed by atoms with van der Waals surface area (Å²) in [4.78, 5) is 24.6. The highest BCUT2D eigenvalue weighted by Gasteiger charge is 2.14. The van der Waals surface area contributed by atoms with E-state index < -0.39 is 6.03 Å². The van der Waals surface area contributed by atoms with E-state index in [0.29, 0.717) is 28.6 Å². The molecule has 0 unspecified atom stereocenters. The molecular formula is C23H19Cl2N5O2. The molecule has 3 aromatic carbocycles. The third-order valence-corrected chi connectivity index (χ3v) is 5.59. The molecule has 0 atom stereocenters. The van der Waals surface area contributed by atoms with E-state index in [0.717, 1.165) is 22.0 Å². The lowest BCUT2D eigenvalue weighted by atomic mass is 10.0. The van der Waals surface area contributed by atoms with E-state index in [1.54, 1.807) is 24.3 Å². The van der Waals surface area contributed by atoms with Crippen molar-refractivity contribution in [1.82, 2.24) is 15.5 Å². The van der Waals surface area contributed by atoms with Gasteiger partial charge in [0.25, 0.3) is 5.91 Å². The van der Waals surface area contributed by atoms with Crippen LogP contribution in [0.5, 0.6) is 0 Å². The first kappa shape index (κ1) is 21.7. The Bertz CT molecular complexity index is 1320. The molecule has 3 amide bonds. The molecular weight excluding hydrogens is 449 g/mol. The van der Waals surface area contributed by atoms with Gasteiger partial charge in [0.05, 0.1) is 21.2 Å². The van der Waals surface area contributed by atoms with Crippen LogP contribution in [0.1, 0.15) is 17.4 Å². The number of carbonyl (C=O) groups excluding carboxylic acids is 2. The summed E-state index contributed by atoms with van der Waals surface area (Å²) in [6.45, 7) is 2.39. The molecule has 162 valence electrons. The summed E-state index contributed by atoms with van der Waals surface area (Å²) in [7, 11) is 0. The number of anilines is 2. The second-order valence-corrected chi connectivity index (χ2v) is 7.74. The molecule has 0 bridgehead atoms. The van der Waals surface area contributed by atoms with Gasteiger partial charge in [-0.15, -0.1) is 0 Å². The average molecular weight is 468 g/mol. The number of amides is 3. The van der Waals surface area contributed by atoms with Crippen LogP contribution in [0, 0.1) is 0 Å². The number of aromatic amines is 1. The standard InChI is InChI=1S/C23H19Cl2N5O2/c1-2-26-22(31)21-16-10-9-14(12-19(16)29-30-21)13-5-3-6-15(11-13)27-23(32)28-18-8-4-7-17(24)20(18)25/h3-12H,2H2,1H3,(H,26,31)(H,29,30)(H2,27,28,32).